The van der Waals surface area contributed by atoms with E-state index in [2.05, 4.69) is 4.98 Å². The van der Waals surface area contributed by atoms with Gasteiger partial charge < -0.3 is 10.5 Å². The number of ether oxygens (including phenoxy) is 1. The third-order valence-electron chi connectivity index (χ3n) is 3.10. The van der Waals surface area contributed by atoms with Gasteiger partial charge in [0.2, 0.25) is 5.95 Å². The summed E-state index contributed by atoms with van der Waals surface area (Å²) < 4.78 is 33.8. The molecule has 0 aliphatic heterocycles. The Bertz CT molecular complexity index is 848. The number of hydrogen-bond donors (Lipinski definition) is 1. The first-order valence-corrected chi connectivity index (χ1v) is 6.36. The summed E-state index contributed by atoms with van der Waals surface area (Å²) >= 11 is 5.97. The van der Waals surface area contributed by atoms with Crippen LogP contribution in [0.25, 0.3) is 16.7 Å². The van der Waals surface area contributed by atoms with Crippen LogP contribution in [0, 0.1) is 11.6 Å². The molecule has 21 heavy (non-hydrogen) atoms. The minimum atomic E-state index is -0.767. The van der Waals surface area contributed by atoms with Gasteiger partial charge in [0.05, 0.1) is 23.3 Å². The molecule has 0 fully saturated rings. The maximum atomic E-state index is 13.7. The van der Waals surface area contributed by atoms with Gasteiger partial charge in [-0.15, -0.1) is 0 Å². The number of anilines is 1. The van der Waals surface area contributed by atoms with E-state index in [0.717, 1.165) is 6.07 Å². The lowest BCUT2D eigenvalue weighted by atomic mass is 10.2. The normalized spacial score (nSPS) is 11.0. The van der Waals surface area contributed by atoms with E-state index >= 15 is 0 Å². The average molecular weight is 310 g/mol. The molecule has 1 aromatic heterocycles. The minimum absolute atomic E-state index is 0.00261. The van der Waals surface area contributed by atoms with E-state index in [-0.39, 0.29) is 17.0 Å². The van der Waals surface area contributed by atoms with Crippen LogP contribution in [0.3, 0.4) is 0 Å². The Morgan fingerprint density at radius 3 is 2.71 bits per heavy atom. The summed E-state index contributed by atoms with van der Waals surface area (Å²) in [7, 11) is 1.47. The Morgan fingerprint density at radius 1 is 1.24 bits per heavy atom. The number of imidazole rings is 1. The van der Waals surface area contributed by atoms with E-state index in [9.17, 15) is 8.78 Å². The topological polar surface area (TPSA) is 53.1 Å². The van der Waals surface area contributed by atoms with Crippen LogP contribution in [0.1, 0.15) is 0 Å². The first-order chi connectivity index (χ1) is 10.0. The van der Waals surface area contributed by atoms with Gasteiger partial charge in [-0.05, 0) is 12.1 Å². The predicted molar refractivity (Wildman–Crippen MR) is 77.0 cm³/mol. The molecule has 0 bridgehead atoms. The highest BCUT2D eigenvalue weighted by atomic mass is 35.5. The van der Waals surface area contributed by atoms with Crippen molar-refractivity contribution in [1.29, 1.82) is 0 Å². The first-order valence-electron chi connectivity index (χ1n) is 5.98. The highest BCUT2D eigenvalue weighted by Gasteiger charge is 2.16. The zero-order valence-corrected chi connectivity index (χ0v) is 11.7. The molecule has 108 valence electrons. The zero-order valence-electron chi connectivity index (χ0n) is 10.9. The van der Waals surface area contributed by atoms with Crippen LogP contribution in [0.5, 0.6) is 5.75 Å². The fraction of sp³-hybridized carbons (Fsp3) is 0.0714. The van der Waals surface area contributed by atoms with Gasteiger partial charge in [0, 0.05) is 18.2 Å². The number of nitrogens with two attached hydrogens (primary N) is 1. The summed E-state index contributed by atoms with van der Waals surface area (Å²) in [5.41, 5.74) is 6.60. The second-order valence-electron chi connectivity index (χ2n) is 4.38. The predicted octanol–water partition coefficient (Wildman–Crippen LogP) is 3.55. The van der Waals surface area contributed by atoms with Crippen molar-refractivity contribution in [2.75, 3.05) is 12.8 Å². The average Bonchev–Trinajstić information content (AvgIpc) is 2.76. The number of benzene rings is 2. The second-order valence-corrected chi connectivity index (χ2v) is 4.79. The molecular formula is C14H10ClF2N3O. The monoisotopic (exact) mass is 309 g/mol. The summed E-state index contributed by atoms with van der Waals surface area (Å²) in [6.07, 6.45) is 0. The van der Waals surface area contributed by atoms with Crippen molar-refractivity contribution in [2.24, 2.45) is 0 Å². The van der Waals surface area contributed by atoms with E-state index in [1.807, 2.05) is 0 Å². The summed E-state index contributed by atoms with van der Waals surface area (Å²) in [6.45, 7) is 0. The number of halogens is 3. The smallest absolute Gasteiger partial charge is 0.206 e. The van der Waals surface area contributed by atoms with E-state index in [4.69, 9.17) is 22.1 Å². The third kappa shape index (κ3) is 2.17. The minimum Gasteiger partial charge on any atom is -0.495 e. The van der Waals surface area contributed by atoms with E-state index in [1.54, 1.807) is 18.2 Å². The van der Waals surface area contributed by atoms with Crippen LogP contribution in [0.15, 0.2) is 30.3 Å². The second kappa shape index (κ2) is 4.89. The van der Waals surface area contributed by atoms with Crippen LogP contribution in [0.2, 0.25) is 5.02 Å². The van der Waals surface area contributed by atoms with Crippen molar-refractivity contribution in [3.8, 4) is 11.4 Å². The third-order valence-corrected chi connectivity index (χ3v) is 3.41. The molecule has 7 heteroatoms. The van der Waals surface area contributed by atoms with Crippen LogP contribution >= 0.6 is 11.6 Å². The molecule has 0 spiro atoms. The van der Waals surface area contributed by atoms with Crippen molar-refractivity contribution in [1.82, 2.24) is 9.55 Å². The van der Waals surface area contributed by atoms with Crippen molar-refractivity contribution in [3.63, 3.8) is 0 Å². The van der Waals surface area contributed by atoms with Crippen LogP contribution < -0.4 is 10.5 Å². The van der Waals surface area contributed by atoms with Gasteiger partial charge in [0.25, 0.3) is 0 Å². The molecule has 2 aromatic carbocycles. The maximum absolute atomic E-state index is 13.7. The summed E-state index contributed by atoms with van der Waals surface area (Å²) in [4.78, 5) is 3.93. The summed E-state index contributed by atoms with van der Waals surface area (Å²) in [5, 5.41) is 0.418. The molecule has 0 aliphatic carbocycles. The van der Waals surface area contributed by atoms with E-state index in [0.29, 0.717) is 16.5 Å². The van der Waals surface area contributed by atoms with Gasteiger partial charge in [-0.3, -0.25) is 4.57 Å². The van der Waals surface area contributed by atoms with E-state index in [1.165, 1.54) is 17.7 Å². The van der Waals surface area contributed by atoms with Crippen molar-refractivity contribution >= 4 is 28.6 Å². The fourth-order valence-electron chi connectivity index (χ4n) is 2.18. The Morgan fingerprint density at radius 2 is 2.00 bits per heavy atom. The number of methoxy groups -OCH3 is 1. The van der Waals surface area contributed by atoms with Gasteiger partial charge in [0.1, 0.15) is 17.1 Å². The highest BCUT2D eigenvalue weighted by Crippen LogP contribution is 2.31. The molecule has 0 amide bonds. The lowest BCUT2D eigenvalue weighted by molar-refractivity contribution is 0.415. The lowest BCUT2D eigenvalue weighted by Crippen LogP contribution is -2.01. The van der Waals surface area contributed by atoms with Crippen molar-refractivity contribution in [2.45, 2.75) is 0 Å². The molecular weight excluding hydrogens is 300 g/mol. The molecule has 1 heterocycles. The Hall–Kier alpha value is -2.34. The number of rotatable bonds is 2. The zero-order chi connectivity index (χ0) is 15.1. The lowest BCUT2D eigenvalue weighted by Gasteiger charge is -2.09. The van der Waals surface area contributed by atoms with Crippen LogP contribution in [0.4, 0.5) is 14.7 Å². The molecule has 3 aromatic rings. The van der Waals surface area contributed by atoms with Crippen LogP contribution in [-0.2, 0) is 0 Å². The standard InChI is InChI=1S/C14H10ClF2N3O/c1-21-12-6-8(2-3-9(12)15)20-11-5-7(16)4-10(17)13(11)19-14(20)18/h2-6H,1H3,(H2,18,19). The number of nitrogens with zero attached hydrogens (tertiary/aromatic N) is 2. The van der Waals surface area contributed by atoms with Gasteiger partial charge in [-0.2, -0.15) is 0 Å². The van der Waals surface area contributed by atoms with Gasteiger partial charge in [0.15, 0.2) is 5.82 Å². The van der Waals surface area contributed by atoms with Crippen molar-refractivity contribution < 1.29 is 13.5 Å². The molecule has 0 unspecified atom stereocenters. The van der Waals surface area contributed by atoms with Gasteiger partial charge in [-0.1, -0.05) is 11.6 Å². The number of hydrogen-bond acceptors (Lipinski definition) is 3. The molecule has 0 atom stereocenters. The largest absolute Gasteiger partial charge is 0.495 e. The number of fused-ring (bicyclic) bond motifs is 1. The molecule has 4 nitrogen and oxygen atoms in total. The highest BCUT2D eigenvalue weighted by molar-refractivity contribution is 6.32. The Kier molecular flexibility index (Phi) is 3.17. The van der Waals surface area contributed by atoms with E-state index < -0.39 is 11.6 Å². The number of nitrogen functional groups attached to an aromatic ring is 1. The molecule has 3 rings (SSSR count). The molecule has 2 N–H and O–H groups in total. The number of aromatic nitrogens is 2. The Labute approximate surface area is 123 Å². The fourth-order valence-corrected chi connectivity index (χ4v) is 2.38. The maximum Gasteiger partial charge on any atom is 0.206 e. The van der Waals surface area contributed by atoms with Crippen molar-refractivity contribution in [3.05, 3.63) is 47.0 Å². The summed E-state index contributed by atoms with van der Waals surface area (Å²) in [5.74, 6) is -1.01. The Balaban J connectivity index is 2.32. The first kappa shape index (κ1) is 13.6. The molecule has 0 aliphatic rings. The quantitative estimate of drug-likeness (QED) is 0.787. The van der Waals surface area contributed by atoms with Gasteiger partial charge >= 0.3 is 0 Å². The molecule has 0 saturated carbocycles. The SMILES string of the molecule is COc1cc(-n2c(N)nc3c(F)cc(F)cc32)ccc1Cl. The van der Waals surface area contributed by atoms with Gasteiger partial charge in [-0.25, -0.2) is 13.8 Å². The molecule has 0 radical (unpaired) electrons. The summed E-state index contributed by atoms with van der Waals surface area (Å²) in [6, 6.07) is 6.81. The van der Waals surface area contributed by atoms with Crippen LogP contribution in [-0.4, -0.2) is 16.7 Å². The molecule has 0 saturated heterocycles.